The van der Waals surface area contributed by atoms with E-state index in [2.05, 4.69) is 48.3 Å². The highest BCUT2D eigenvalue weighted by molar-refractivity contribution is 6.38. The molecule has 248 valence electrons. The summed E-state index contributed by atoms with van der Waals surface area (Å²) in [6.07, 6.45) is 13.9. The highest BCUT2D eigenvalue weighted by Gasteiger charge is 2.69. The zero-order valence-electron chi connectivity index (χ0n) is 27.2. The second-order valence-corrected chi connectivity index (χ2v) is 14.8. The van der Waals surface area contributed by atoms with Gasteiger partial charge in [-0.1, -0.05) is 51.7 Å². The van der Waals surface area contributed by atoms with E-state index in [1.807, 2.05) is 0 Å². The number of fused-ring (bicyclic) bond motifs is 3. The van der Waals surface area contributed by atoms with Crippen LogP contribution in [0.15, 0.2) is 25.3 Å². The largest absolute Gasteiger partial charge is 0.349 e. The molecule has 45 heavy (non-hydrogen) atoms. The van der Waals surface area contributed by atoms with Gasteiger partial charge in [-0.2, -0.15) is 0 Å². The maximum atomic E-state index is 14.4. The van der Waals surface area contributed by atoms with Crippen molar-refractivity contribution < 1.29 is 24.0 Å². The topological polar surface area (TPSA) is 137 Å². The highest BCUT2D eigenvalue weighted by Crippen LogP contribution is 2.65. The molecule has 2 bridgehead atoms. The lowest BCUT2D eigenvalue weighted by molar-refractivity contribution is -0.144. The van der Waals surface area contributed by atoms with Crippen LogP contribution >= 0.6 is 0 Å². The van der Waals surface area contributed by atoms with Gasteiger partial charge in [0.25, 0.3) is 5.91 Å². The van der Waals surface area contributed by atoms with Gasteiger partial charge in [0, 0.05) is 19.1 Å². The number of carbonyl (C=O) groups excluding carboxylic acids is 5. The molecule has 4 aliphatic carbocycles. The fraction of sp³-hybridized carbons (Fsp3) is 0.743. The third-order valence-corrected chi connectivity index (χ3v) is 11.6. The van der Waals surface area contributed by atoms with Crippen molar-refractivity contribution in [1.82, 2.24) is 26.2 Å². The van der Waals surface area contributed by atoms with Gasteiger partial charge >= 0.3 is 6.03 Å². The van der Waals surface area contributed by atoms with E-state index in [0.717, 1.165) is 44.9 Å². The number of amides is 5. The number of ketones is 1. The SMILES string of the molecule is C=CCCNC(=O)C(=O)[C@H](CCC=C)NC(=O)[C@@H]1[C@@H]2[C@H](CN1C(=O)[C@@H](NC(=O)NC1CC3CCC1C3)C1CCCCC1)C2(C)C. The first kappa shape index (κ1) is 33.2. The number of hydrogen-bond acceptors (Lipinski definition) is 5. The minimum atomic E-state index is -1.03. The number of nitrogens with zero attached hydrogens (tertiary/aromatic N) is 1. The van der Waals surface area contributed by atoms with E-state index in [4.69, 9.17) is 0 Å². The number of likely N-dealkylation sites (tertiary alicyclic amines) is 1. The molecule has 0 aromatic rings. The normalized spacial score (nSPS) is 30.8. The number of nitrogens with one attached hydrogen (secondary N) is 4. The molecule has 4 N–H and O–H groups in total. The van der Waals surface area contributed by atoms with Crippen LogP contribution in [0.2, 0.25) is 0 Å². The Morgan fingerprint density at radius 1 is 0.933 bits per heavy atom. The number of piperidine rings is 1. The molecule has 0 radical (unpaired) electrons. The summed E-state index contributed by atoms with van der Waals surface area (Å²) in [4.78, 5) is 69.2. The van der Waals surface area contributed by atoms with E-state index in [0.29, 0.717) is 31.2 Å². The standard InChI is InChI=1S/C35H53N5O5/c1-5-7-14-25(30(41)32(43)36-17-8-6-2)37-31(42)29-27-24(35(27,3)4)20-40(29)33(44)28(22-12-10-9-11-13-22)39-34(45)38-26-19-21-15-16-23(26)18-21/h5-6,21-29H,1-2,7-20H2,3-4H3,(H,36,43)(H,37,42)(H2,38,39,45)/t21?,23?,24-,25-,26?,27-,28-,29-/m0/s1. The average molecular weight is 624 g/mol. The van der Waals surface area contributed by atoms with Gasteiger partial charge in [-0.05, 0) is 86.4 Å². The van der Waals surface area contributed by atoms with Crippen LogP contribution in [-0.2, 0) is 19.2 Å². The van der Waals surface area contributed by atoms with Crippen LogP contribution in [-0.4, -0.2) is 71.7 Å². The lowest BCUT2D eigenvalue weighted by Gasteiger charge is -2.37. The van der Waals surface area contributed by atoms with Crippen molar-refractivity contribution in [2.75, 3.05) is 13.1 Å². The van der Waals surface area contributed by atoms with Crippen molar-refractivity contribution in [1.29, 1.82) is 0 Å². The average Bonchev–Trinajstić information content (AvgIpc) is 3.54. The first-order valence-corrected chi connectivity index (χ1v) is 17.3. The number of urea groups is 1. The molecule has 0 aromatic carbocycles. The van der Waals surface area contributed by atoms with Crippen LogP contribution in [0.25, 0.3) is 0 Å². The van der Waals surface area contributed by atoms with Gasteiger partial charge in [-0.3, -0.25) is 19.2 Å². The number of allylic oxidation sites excluding steroid dienone is 1. The third-order valence-electron chi connectivity index (χ3n) is 11.6. The molecule has 0 spiro atoms. The molecule has 3 unspecified atom stereocenters. The number of hydrogen-bond donors (Lipinski definition) is 4. The smallest absolute Gasteiger partial charge is 0.315 e. The van der Waals surface area contributed by atoms with Crippen molar-refractivity contribution in [3.63, 3.8) is 0 Å². The molecule has 10 nitrogen and oxygen atoms in total. The van der Waals surface area contributed by atoms with Gasteiger partial charge in [-0.15, -0.1) is 13.2 Å². The predicted octanol–water partition coefficient (Wildman–Crippen LogP) is 3.62. The van der Waals surface area contributed by atoms with E-state index >= 15 is 0 Å². The summed E-state index contributed by atoms with van der Waals surface area (Å²) in [5.41, 5.74) is -0.131. The van der Waals surface area contributed by atoms with Crippen LogP contribution in [0.4, 0.5) is 4.79 Å². The van der Waals surface area contributed by atoms with E-state index in [1.54, 1.807) is 17.1 Å². The molecule has 4 saturated carbocycles. The Bertz CT molecular complexity index is 1180. The first-order valence-electron chi connectivity index (χ1n) is 17.3. The lowest BCUT2D eigenvalue weighted by atomic mass is 9.83. The van der Waals surface area contributed by atoms with Crippen molar-refractivity contribution in [2.45, 2.75) is 115 Å². The van der Waals surface area contributed by atoms with Crippen molar-refractivity contribution >= 4 is 29.5 Å². The summed E-state index contributed by atoms with van der Waals surface area (Å²) >= 11 is 0. The van der Waals surface area contributed by atoms with Crippen molar-refractivity contribution in [3.8, 4) is 0 Å². The first-order chi connectivity index (χ1) is 21.6. The minimum absolute atomic E-state index is 0.00635. The monoisotopic (exact) mass is 623 g/mol. The zero-order chi connectivity index (χ0) is 32.3. The molecule has 8 atom stereocenters. The second-order valence-electron chi connectivity index (χ2n) is 14.8. The number of Topliss-reactive ketones (excluding diaryl/α,β-unsaturated/α-hetero) is 1. The third kappa shape index (κ3) is 7.14. The summed E-state index contributed by atoms with van der Waals surface area (Å²) in [7, 11) is 0. The maximum absolute atomic E-state index is 14.4. The summed E-state index contributed by atoms with van der Waals surface area (Å²) < 4.78 is 0. The number of carbonyl (C=O) groups is 5. The summed E-state index contributed by atoms with van der Waals surface area (Å²) in [6.45, 7) is 12.3. The Labute approximate surface area is 268 Å². The molecular formula is C35H53N5O5. The predicted molar refractivity (Wildman–Crippen MR) is 172 cm³/mol. The molecule has 5 fully saturated rings. The lowest BCUT2D eigenvalue weighted by Crippen LogP contribution is -2.61. The van der Waals surface area contributed by atoms with E-state index in [1.165, 1.54) is 12.8 Å². The quantitative estimate of drug-likeness (QED) is 0.133. The van der Waals surface area contributed by atoms with Crippen LogP contribution < -0.4 is 21.3 Å². The van der Waals surface area contributed by atoms with Crippen molar-refractivity contribution in [3.05, 3.63) is 25.3 Å². The maximum Gasteiger partial charge on any atom is 0.315 e. The fourth-order valence-corrected chi connectivity index (χ4v) is 8.96. The van der Waals surface area contributed by atoms with Gasteiger partial charge in [0.2, 0.25) is 17.6 Å². The Morgan fingerprint density at radius 3 is 2.31 bits per heavy atom. The molecular weight excluding hydrogens is 570 g/mol. The Hall–Kier alpha value is -3.17. The van der Waals surface area contributed by atoms with Gasteiger partial charge in [0.15, 0.2) is 0 Å². The molecule has 5 rings (SSSR count). The van der Waals surface area contributed by atoms with E-state index < -0.39 is 35.7 Å². The van der Waals surface area contributed by atoms with Gasteiger partial charge in [0.05, 0.1) is 6.04 Å². The Morgan fingerprint density at radius 2 is 1.67 bits per heavy atom. The molecule has 10 heteroatoms. The minimum Gasteiger partial charge on any atom is -0.349 e. The second kappa shape index (κ2) is 14.1. The van der Waals surface area contributed by atoms with Crippen molar-refractivity contribution in [2.24, 2.45) is 35.0 Å². The van der Waals surface area contributed by atoms with Crippen LogP contribution in [0.5, 0.6) is 0 Å². The van der Waals surface area contributed by atoms with Crippen LogP contribution in [0.1, 0.15) is 90.9 Å². The fourth-order valence-electron chi connectivity index (χ4n) is 8.96. The van der Waals surface area contributed by atoms with Crippen LogP contribution in [0.3, 0.4) is 0 Å². The molecule has 5 amide bonds. The summed E-state index contributed by atoms with van der Waals surface area (Å²) in [5.74, 6) is -0.798. The van der Waals surface area contributed by atoms with Gasteiger partial charge < -0.3 is 26.2 Å². The van der Waals surface area contributed by atoms with Crippen LogP contribution in [0, 0.1) is 35.0 Å². The molecule has 1 saturated heterocycles. The molecule has 0 aromatic heterocycles. The molecule has 1 heterocycles. The molecule has 5 aliphatic rings. The van der Waals surface area contributed by atoms with E-state index in [9.17, 15) is 24.0 Å². The Kier molecular flexibility index (Phi) is 10.4. The summed E-state index contributed by atoms with van der Waals surface area (Å²) in [6, 6.07) is -2.66. The molecule has 1 aliphatic heterocycles. The highest BCUT2D eigenvalue weighted by atomic mass is 16.2. The van der Waals surface area contributed by atoms with Gasteiger partial charge in [-0.25, -0.2) is 4.79 Å². The Balaban J connectivity index is 1.31. The van der Waals surface area contributed by atoms with Gasteiger partial charge in [0.1, 0.15) is 12.1 Å². The summed E-state index contributed by atoms with van der Waals surface area (Å²) in [5, 5.41) is 11.7. The zero-order valence-corrected chi connectivity index (χ0v) is 27.2. The van der Waals surface area contributed by atoms with E-state index in [-0.39, 0.29) is 54.1 Å². The number of rotatable bonds is 14.